The maximum Gasteiger partial charge on any atom is 0.472 e. The minimum absolute atomic E-state index is 0.0170. The number of quaternary nitrogens is 1. The van der Waals surface area contributed by atoms with Crippen molar-refractivity contribution in [3.05, 3.63) is 24.3 Å². The summed E-state index contributed by atoms with van der Waals surface area (Å²) in [6.45, 7) is 4.31. The molecule has 2 atom stereocenters. The molecule has 0 aromatic heterocycles. The number of allylic oxidation sites excluding steroid dienone is 2. The lowest BCUT2D eigenvalue weighted by Crippen LogP contribution is -2.37. The SMILES string of the molecule is CCCCCCCCCCCCCCCCCCCC=CC(=O)OC[C@H](COP(=O)(O)OCC[N+](C)(C)C)OC(=O)C=CCCCCCCCCCCCCCCCCCCC. The van der Waals surface area contributed by atoms with Crippen molar-refractivity contribution in [1.29, 1.82) is 0 Å². The number of phosphoric ester groups is 1. The zero-order valence-corrected chi connectivity index (χ0v) is 42.3. The maximum absolute atomic E-state index is 12.7. The van der Waals surface area contributed by atoms with Gasteiger partial charge >= 0.3 is 19.8 Å². The molecule has 1 unspecified atom stereocenters. The minimum Gasteiger partial charge on any atom is -0.458 e. The molecule has 0 rings (SSSR count). The molecule has 0 aromatic carbocycles. The smallest absolute Gasteiger partial charge is 0.458 e. The minimum atomic E-state index is -4.40. The van der Waals surface area contributed by atoms with Crippen LogP contribution in [0.3, 0.4) is 0 Å². The number of nitrogens with zero attached hydrogens (tertiary/aromatic N) is 1. The van der Waals surface area contributed by atoms with Crippen LogP contribution in [0.15, 0.2) is 24.3 Å². The number of likely N-dealkylation sites (N-methyl/N-ethyl adjacent to an activating group) is 1. The van der Waals surface area contributed by atoms with Gasteiger partial charge in [-0.05, 0) is 25.7 Å². The fraction of sp³-hybridized carbons (Fsp3) is 0.885. The molecule has 9 nitrogen and oxygen atoms in total. The Hall–Kier alpha value is -1.51. The fourth-order valence-electron chi connectivity index (χ4n) is 7.52. The third kappa shape index (κ3) is 48.0. The van der Waals surface area contributed by atoms with Gasteiger partial charge in [0.15, 0.2) is 6.10 Å². The van der Waals surface area contributed by atoms with Crippen LogP contribution < -0.4 is 0 Å². The first-order chi connectivity index (χ1) is 30.0. The van der Waals surface area contributed by atoms with Crippen LogP contribution in [-0.4, -0.2) is 74.9 Å². The van der Waals surface area contributed by atoms with E-state index in [0.29, 0.717) is 11.0 Å². The van der Waals surface area contributed by atoms with Gasteiger partial charge in [0.05, 0.1) is 27.7 Å². The Morgan fingerprint density at radius 3 is 1.15 bits per heavy atom. The van der Waals surface area contributed by atoms with Crippen LogP contribution in [0.2, 0.25) is 0 Å². The summed E-state index contributed by atoms with van der Waals surface area (Å²) < 4.78 is 34.2. The quantitative estimate of drug-likeness (QED) is 0.0211. The molecule has 366 valence electrons. The van der Waals surface area contributed by atoms with Crippen LogP contribution >= 0.6 is 7.82 Å². The molecule has 0 heterocycles. The van der Waals surface area contributed by atoms with Gasteiger partial charge in [-0.2, -0.15) is 0 Å². The van der Waals surface area contributed by atoms with E-state index in [1.165, 1.54) is 205 Å². The standard InChI is InChI=1S/C52H100NO8P/c1-6-8-10-12-14-16-18-20-22-24-26-28-30-32-34-36-38-40-42-44-51(54)58-48-50(49-60-62(56,57)59-47-46-53(3,4)5)61-52(55)45-43-41-39-37-35-33-31-29-27-25-23-21-19-17-15-13-11-9-7-2/h42-45,50H,6-41,46-49H2,1-5H3/p+1/t50-/m1/s1. The Bertz CT molecular complexity index is 1110. The number of phosphoric acid groups is 1. The number of carbonyl (C=O) groups is 2. The Kier molecular flexibility index (Phi) is 43.6. The highest BCUT2D eigenvalue weighted by molar-refractivity contribution is 7.47. The van der Waals surface area contributed by atoms with Crippen molar-refractivity contribution < 1.29 is 42.1 Å². The molecule has 0 saturated heterocycles. The van der Waals surface area contributed by atoms with Crippen molar-refractivity contribution in [2.24, 2.45) is 0 Å². The first kappa shape index (κ1) is 60.5. The van der Waals surface area contributed by atoms with Crippen LogP contribution in [0.5, 0.6) is 0 Å². The van der Waals surface area contributed by atoms with E-state index in [9.17, 15) is 19.0 Å². The second-order valence-corrected chi connectivity index (χ2v) is 20.4. The average molecular weight is 899 g/mol. The van der Waals surface area contributed by atoms with E-state index >= 15 is 0 Å². The van der Waals surface area contributed by atoms with Crippen molar-refractivity contribution in [1.82, 2.24) is 0 Å². The number of hydrogen-bond donors (Lipinski definition) is 1. The zero-order chi connectivity index (χ0) is 45.7. The molecule has 10 heteroatoms. The second-order valence-electron chi connectivity index (χ2n) is 19.0. The highest BCUT2D eigenvalue weighted by Crippen LogP contribution is 2.43. The summed E-state index contributed by atoms with van der Waals surface area (Å²) in [7, 11) is 1.43. The van der Waals surface area contributed by atoms with E-state index in [4.69, 9.17) is 18.5 Å². The van der Waals surface area contributed by atoms with Crippen molar-refractivity contribution in [2.75, 3.05) is 47.5 Å². The molecule has 0 bridgehead atoms. The van der Waals surface area contributed by atoms with Crippen LogP contribution in [0.1, 0.15) is 245 Å². The molecule has 0 amide bonds. The summed E-state index contributed by atoms with van der Waals surface area (Å²) in [6, 6.07) is 0. The van der Waals surface area contributed by atoms with Crippen molar-refractivity contribution >= 4 is 19.8 Å². The number of unbranched alkanes of at least 4 members (excludes halogenated alkanes) is 34. The predicted octanol–water partition coefficient (Wildman–Crippen LogP) is 15.5. The Labute approximate surface area is 383 Å². The summed E-state index contributed by atoms with van der Waals surface area (Å²) in [5.74, 6) is -1.17. The van der Waals surface area contributed by atoms with Crippen LogP contribution in [0.4, 0.5) is 0 Å². The second kappa shape index (κ2) is 44.7. The fourth-order valence-corrected chi connectivity index (χ4v) is 8.26. The molecule has 0 aliphatic carbocycles. The van der Waals surface area contributed by atoms with Crippen molar-refractivity contribution in [2.45, 2.75) is 251 Å². The van der Waals surface area contributed by atoms with Gasteiger partial charge in [-0.15, -0.1) is 0 Å². The lowest BCUT2D eigenvalue weighted by molar-refractivity contribution is -0.870. The van der Waals surface area contributed by atoms with Crippen LogP contribution in [0.25, 0.3) is 0 Å². The lowest BCUT2D eigenvalue weighted by Gasteiger charge is -2.24. The molecule has 62 heavy (non-hydrogen) atoms. The summed E-state index contributed by atoms with van der Waals surface area (Å²) in [4.78, 5) is 35.3. The molecular weight excluding hydrogens is 798 g/mol. The number of hydrogen-bond acceptors (Lipinski definition) is 7. The molecule has 0 aromatic rings. The van der Waals surface area contributed by atoms with Crippen LogP contribution in [0, 0.1) is 0 Å². The lowest BCUT2D eigenvalue weighted by atomic mass is 10.0. The van der Waals surface area contributed by atoms with Crippen molar-refractivity contribution in [3.63, 3.8) is 0 Å². The summed E-state index contributed by atoms with van der Waals surface area (Å²) >= 11 is 0. The first-order valence-electron chi connectivity index (χ1n) is 26.1. The summed E-state index contributed by atoms with van der Waals surface area (Å²) in [6.07, 6.45) is 51.9. The Morgan fingerprint density at radius 1 is 0.484 bits per heavy atom. The van der Waals surface area contributed by atoms with E-state index in [0.717, 1.165) is 38.5 Å². The third-order valence-corrected chi connectivity index (χ3v) is 12.6. The molecule has 0 aliphatic rings. The monoisotopic (exact) mass is 899 g/mol. The highest BCUT2D eigenvalue weighted by Gasteiger charge is 2.26. The van der Waals surface area contributed by atoms with E-state index in [1.54, 1.807) is 6.08 Å². The van der Waals surface area contributed by atoms with Gasteiger partial charge in [0.25, 0.3) is 0 Å². The number of rotatable bonds is 48. The molecule has 0 aliphatic heterocycles. The third-order valence-electron chi connectivity index (χ3n) is 11.6. The van der Waals surface area contributed by atoms with Gasteiger partial charge in [-0.25, -0.2) is 14.2 Å². The van der Waals surface area contributed by atoms with E-state index in [-0.39, 0.29) is 13.2 Å². The predicted molar refractivity (Wildman–Crippen MR) is 261 cm³/mol. The summed E-state index contributed by atoms with van der Waals surface area (Å²) in [5.41, 5.74) is 0. The first-order valence-corrected chi connectivity index (χ1v) is 27.6. The van der Waals surface area contributed by atoms with Gasteiger partial charge in [-0.3, -0.25) is 9.05 Å². The van der Waals surface area contributed by atoms with Gasteiger partial charge in [0.2, 0.25) is 0 Å². The van der Waals surface area contributed by atoms with Gasteiger partial charge in [0, 0.05) is 12.2 Å². The Balaban J connectivity index is 4.30. The molecule has 0 radical (unpaired) electrons. The van der Waals surface area contributed by atoms with E-state index in [1.807, 2.05) is 27.2 Å². The topological polar surface area (TPSA) is 108 Å². The number of carbonyl (C=O) groups excluding carboxylic acids is 2. The number of esters is 2. The van der Waals surface area contributed by atoms with E-state index in [2.05, 4.69) is 13.8 Å². The largest absolute Gasteiger partial charge is 0.472 e. The highest BCUT2D eigenvalue weighted by atomic mass is 31.2. The Morgan fingerprint density at radius 2 is 0.806 bits per heavy atom. The molecule has 1 N–H and O–H groups in total. The molecule has 0 spiro atoms. The van der Waals surface area contributed by atoms with Gasteiger partial charge in [0.1, 0.15) is 19.8 Å². The van der Waals surface area contributed by atoms with Gasteiger partial charge in [-0.1, -0.05) is 231 Å². The van der Waals surface area contributed by atoms with Crippen molar-refractivity contribution in [3.8, 4) is 0 Å². The molecule has 0 fully saturated rings. The van der Waals surface area contributed by atoms with Crippen LogP contribution in [-0.2, 0) is 32.7 Å². The van der Waals surface area contributed by atoms with E-state index < -0.39 is 32.5 Å². The van der Waals surface area contributed by atoms with Gasteiger partial charge < -0.3 is 18.9 Å². The zero-order valence-electron chi connectivity index (χ0n) is 41.4. The maximum atomic E-state index is 12.7. The normalized spacial score (nSPS) is 13.6. The number of ether oxygens (including phenoxy) is 2. The average Bonchev–Trinajstić information content (AvgIpc) is 3.23. The molecule has 0 saturated carbocycles. The summed E-state index contributed by atoms with van der Waals surface area (Å²) in [5, 5.41) is 0. The molecular formula is C52H101NO8P+.